The van der Waals surface area contributed by atoms with E-state index in [0.29, 0.717) is 36.9 Å². The minimum atomic E-state index is -0.384. The van der Waals surface area contributed by atoms with Crippen molar-refractivity contribution in [2.24, 2.45) is 11.7 Å². The molecule has 0 heterocycles. The second-order valence-electron chi connectivity index (χ2n) is 5.01. The molecule has 0 saturated carbocycles. The van der Waals surface area contributed by atoms with Crippen molar-refractivity contribution in [3.05, 3.63) is 24.0 Å². The van der Waals surface area contributed by atoms with Crippen LogP contribution >= 0.6 is 0 Å². The highest BCUT2D eigenvalue weighted by molar-refractivity contribution is 5.92. The molecular formula is C16H25FN2O2. The van der Waals surface area contributed by atoms with Crippen LogP contribution in [0.1, 0.15) is 39.5 Å². The van der Waals surface area contributed by atoms with E-state index < -0.39 is 0 Å². The number of carbonyl (C=O) groups is 1. The summed E-state index contributed by atoms with van der Waals surface area (Å²) < 4.78 is 18.5. The Morgan fingerprint density at radius 3 is 2.76 bits per heavy atom. The monoisotopic (exact) mass is 296 g/mol. The summed E-state index contributed by atoms with van der Waals surface area (Å²) in [6, 6.07) is 4.11. The van der Waals surface area contributed by atoms with Crippen LogP contribution in [0, 0.1) is 11.7 Å². The normalized spacial score (nSPS) is 12.0. The average molecular weight is 296 g/mol. The zero-order chi connectivity index (χ0) is 15.7. The number of hydrogen-bond donors (Lipinski definition) is 2. The van der Waals surface area contributed by atoms with Gasteiger partial charge in [-0.1, -0.05) is 13.3 Å². The Kier molecular flexibility index (Phi) is 7.75. The van der Waals surface area contributed by atoms with Crippen LogP contribution in [0.2, 0.25) is 0 Å². The fourth-order valence-electron chi connectivity index (χ4n) is 2.21. The van der Waals surface area contributed by atoms with Gasteiger partial charge in [0.15, 0.2) is 0 Å². The molecule has 1 rings (SSSR count). The molecule has 0 saturated heterocycles. The number of hydrogen-bond acceptors (Lipinski definition) is 3. The second kappa shape index (κ2) is 9.34. The van der Waals surface area contributed by atoms with Gasteiger partial charge in [-0.2, -0.15) is 0 Å². The van der Waals surface area contributed by atoms with Crippen molar-refractivity contribution in [1.82, 2.24) is 0 Å². The van der Waals surface area contributed by atoms with E-state index in [-0.39, 0.29) is 11.7 Å². The van der Waals surface area contributed by atoms with Gasteiger partial charge in [-0.3, -0.25) is 4.79 Å². The van der Waals surface area contributed by atoms with Crippen molar-refractivity contribution in [1.29, 1.82) is 0 Å². The molecule has 5 heteroatoms. The van der Waals surface area contributed by atoms with Gasteiger partial charge in [0.05, 0.1) is 12.3 Å². The fraction of sp³-hybridized carbons (Fsp3) is 0.562. The molecule has 0 aromatic heterocycles. The highest BCUT2D eigenvalue weighted by atomic mass is 19.1. The van der Waals surface area contributed by atoms with Gasteiger partial charge >= 0.3 is 0 Å². The van der Waals surface area contributed by atoms with Crippen LogP contribution in [-0.2, 0) is 4.79 Å². The van der Waals surface area contributed by atoms with Crippen molar-refractivity contribution in [2.45, 2.75) is 39.5 Å². The molecule has 0 spiro atoms. The lowest BCUT2D eigenvalue weighted by Crippen LogP contribution is -2.15. The summed E-state index contributed by atoms with van der Waals surface area (Å²) in [6.45, 7) is 4.98. The molecule has 21 heavy (non-hydrogen) atoms. The van der Waals surface area contributed by atoms with E-state index in [1.165, 1.54) is 18.2 Å². The molecule has 0 aliphatic rings. The summed E-state index contributed by atoms with van der Waals surface area (Å²) >= 11 is 0. The zero-order valence-corrected chi connectivity index (χ0v) is 12.8. The van der Waals surface area contributed by atoms with Crippen molar-refractivity contribution < 1.29 is 13.9 Å². The molecule has 4 nitrogen and oxygen atoms in total. The van der Waals surface area contributed by atoms with Gasteiger partial charge < -0.3 is 15.8 Å². The molecule has 118 valence electrons. The first-order valence-electron chi connectivity index (χ1n) is 7.52. The maximum absolute atomic E-state index is 13.2. The van der Waals surface area contributed by atoms with Crippen molar-refractivity contribution >= 4 is 11.6 Å². The first-order chi connectivity index (χ1) is 10.1. The molecular weight excluding hydrogens is 271 g/mol. The van der Waals surface area contributed by atoms with E-state index in [2.05, 4.69) is 12.2 Å². The molecule has 0 fully saturated rings. The summed E-state index contributed by atoms with van der Waals surface area (Å²) in [4.78, 5) is 12.0. The Balaban J connectivity index is 2.58. The number of amides is 1. The van der Waals surface area contributed by atoms with Gasteiger partial charge in [-0.05, 0) is 44.4 Å². The fourth-order valence-corrected chi connectivity index (χ4v) is 2.21. The molecule has 1 unspecified atom stereocenters. The average Bonchev–Trinajstić information content (AvgIpc) is 2.46. The van der Waals surface area contributed by atoms with E-state index >= 15 is 0 Å². The van der Waals surface area contributed by atoms with E-state index in [9.17, 15) is 9.18 Å². The predicted molar refractivity (Wildman–Crippen MR) is 82.9 cm³/mol. The van der Waals surface area contributed by atoms with Crippen molar-refractivity contribution in [2.75, 3.05) is 18.5 Å². The number of benzene rings is 1. The van der Waals surface area contributed by atoms with Crippen molar-refractivity contribution in [3.8, 4) is 5.75 Å². The number of nitrogens with one attached hydrogen (secondary N) is 1. The Labute approximate surface area is 125 Å². The lowest BCUT2D eigenvalue weighted by molar-refractivity contribution is -0.116. The summed E-state index contributed by atoms with van der Waals surface area (Å²) in [5.41, 5.74) is 6.06. The van der Waals surface area contributed by atoms with Gasteiger partial charge in [-0.25, -0.2) is 4.39 Å². The summed E-state index contributed by atoms with van der Waals surface area (Å²) in [7, 11) is 0. The van der Waals surface area contributed by atoms with E-state index in [1.807, 2.05) is 6.92 Å². The number of ether oxygens (including phenoxy) is 1. The highest BCUT2D eigenvalue weighted by Crippen LogP contribution is 2.26. The molecule has 0 aliphatic heterocycles. The first kappa shape index (κ1) is 17.4. The molecule has 0 bridgehead atoms. The quantitative estimate of drug-likeness (QED) is 0.734. The number of rotatable bonds is 9. The minimum absolute atomic E-state index is 0.0852. The summed E-state index contributed by atoms with van der Waals surface area (Å²) in [5.74, 6) is 0.364. The van der Waals surface area contributed by atoms with Gasteiger partial charge in [0, 0.05) is 12.5 Å². The van der Waals surface area contributed by atoms with Crippen LogP contribution in [0.3, 0.4) is 0 Å². The number of nitrogens with two attached hydrogens (primary N) is 1. The second-order valence-corrected chi connectivity index (χ2v) is 5.01. The van der Waals surface area contributed by atoms with E-state index in [1.54, 1.807) is 0 Å². The Hall–Kier alpha value is -1.62. The van der Waals surface area contributed by atoms with Crippen LogP contribution in [0.25, 0.3) is 0 Å². The largest absolute Gasteiger partial charge is 0.492 e. The third-order valence-electron chi connectivity index (χ3n) is 3.45. The summed E-state index contributed by atoms with van der Waals surface area (Å²) in [6.07, 6.45) is 3.20. The lowest BCUT2D eigenvalue weighted by Gasteiger charge is -2.14. The van der Waals surface area contributed by atoms with Crippen LogP contribution < -0.4 is 15.8 Å². The molecule has 0 radical (unpaired) electrons. The first-order valence-corrected chi connectivity index (χ1v) is 7.52. The SMILES string of the molecule is CCOc1cc(F)ccc1NC(=O)CCC(CC)CCN. The number of halogens is 1. The van der Waals surface area contributed by atoms with Gasteiger partial charge in [0.25, 0.3) is 0 Å². The zero-order valence-electron chi connectivity index (χ0n) is 12.8. The number of carbonyl (C=O) groups excluding carboxylic acids is 1. The van der Waals surface area contributed by atoms with E-state index in [0.717, 1.165) is 19.3 Å². The van der Waals surface area contributed by atoms with Crippen LogP contribution in [0.4, 0.5) is 10.1 Å². The molecule has 3 N–H and O–H groups in total. The van der Waals surface area contributed by atoms with Gasteiger partial charge in [0.1, 0.15) is 11.6 Å². The third kappa shape index (κ3) is 6.12. The summed E-state index contributed by atoms with van der Waals surface area (Å²) in [5, 5.41) is 2.78. The maximum atomic E-state index is 13.2. The molecule has 1 amide bonds. The highest BCUT2D eigenvalue weighted by Gasteiger charge is 2.12. The topological polar surface area (TPSA) is 64.3 Å². The maximum Gasteiger partial charge on any atom is 0.224 e. The molecule has 0 aliphatic carbocycles. The molecule has 1 aromatic rings. The number of anilines is 1. The van der Waals surface area contributed by atoms with Crippen LogP contribution in [0.5, 0.6) is 5.75 Å². The molecule has 1 atom stereocenters. The Morgan fingerprint density at radius 1 is 1.38 bits per heavy atom. The van der Waals surface area contributed by atoms with E-state index in [4.69, 9.17) is 10.5 Å². The standard InChI is InChI=1S/C16H25FN2O2/c1-3-12(9-10-18)5-8-16(20)19-14-7-6-13(17)11-15(14)21-4-2/h6-7,11-12H,3-5,8-10,18H2,1-2H3,(H,19,20). The predicted octanol–water partition coefficient (Wildman–Crippen LogP) is 3.32. The minimum Gasteiger partial charge on any atom is -0.492 e. The lowest BCUT2D eigenvalue weighted by atomic mass is 9.96. The molecule has 1 aromatic carbocycles. The van der Waals surface area contributed by atoms with Gasteiger partial charge in [0.2, 0.25) is 5.91 Å². The Bertz CT molecular complexity index is 452. The smallest absolute Gasteiger partial charge is 0.224 e. The van der Waals surface area contributed by atoms with Gasteiger partial charge in [-0.15, -0.1) is 0 Å². The van der Waals surface area contributed by atoms with Crippen LogP contribution in [-0.4, -0.2) is 19.1 Å². The van der Waals surface area contributed by atoms with Crippen molar-refractivity contribution in [3.63, 3.8) is 0 Å². The third-order valence-corrected chi connectivity index (χ3v) is 3.45. The Morgan fingerprint density at radius 2 is 2.14 bits per heavy atom. The van der Waals surface area contributed by atoms with Crippen LogP contribution in [0.15, 0.2) is 18.2 Å².